The molecule has 0 fully saturated rings. The Balaban J connectivity index is 2.20. The number of alkyl halides is 1. The zero-order valence-electron chi connectivity index (χ0n) is 9.92. The summed E-state index contributed by atoms with van der Waals surface area (Å²) in [6.45, 7) is 1.80. The summed E-state index contributed by atoms with van der Waals surface area (Å²) in [5.41, 5.74) is 0.582. The lowest BCUT2D eigenvalue weighted by Gasteiger charge is -2.05. The molecule has 18 heavy (non-hydrogen) atoms. The summed E-state index contributed by atoms with van der Waals surface area (Å²) in [6, 6.07) is 3.42. The number of hydrogen-bond acceptors (Lipinski definition) is 5. The van der Waals surface area contributed by atoms with Crippen LogP contribution in [-0.2, 0) is 11.3 Å². The maximum Gasteiger partial charge on any atom is 0.238 e. The van der Waals surface area contributed by atoms with E-state index in [1.807, 2.05) is 0 Å². The molecule has 1 atom stereocenters. The van der Waals surface area contributed by atoms with Crippen LogP contribution in [-0.4, -0.2) is 38.2 Å². The van der Waals surface area contributed by atoms with Crippen molar-refractivity contribution in [3.05, 3.63) is 18.0 Å². The number of nitrogens with zero attached hydrogens (tertiary/aromatic N) is 4. The molecule has 0 aliphatic heterocycles. The molecule has 0 bridgehead atoms. The van der Waals surface area contributed by atoms with E-state index in [1.54, 1.807) is 19.1 Å². The number of nitrogens with one attached hydrogen (secondary N) is 1. The van der Waals surface area contributed by atoms with E-state index in [-0.39, 0.29) is 12.5 Å². The van der Waals surface area contributed by atoms with Gasteiger partial charge in [-0.2, -0.15) is 4.52 Å². The zero-order valence-corrected chi connectivity index (χ0v) is 10.7. The van der Waals surface area contributed by atoms with Gasteiger partial charge >= 0.3 is 0 Å². The van der Waals surface area contributed by atoms with E-state index in [9.17, 15) is 4.79 Å². The van der Waals surface area contributed by atoms with Crippen molar-refractivity contribution >= 4 is 23.2 Å². The first-order valence-corrected chi connectivity index (χ1v) is 5.72. The number of carbonyl (C=O) groups is 1. The van der Waals surface area contributed by atoms with Crippen molar-refractivity contribution in [2.45, 2.75) is 18.8 Å². The van der Waals surface area contributed by atoms with E-state index in [4.69, 9.17) is 16.3 Å². The number of carbonyl (C=O) groups excluding carboxylic acids is 1. The monoisotopic (exact) mass is 269 g/mol. The van der Waals surface area contributed by atoms with Gasteiger partial charge in [0.25, 0.3) is 0 Å². The molecule has 1 unspecified atom stereocenters. The molecule has 2 aromatic heterocycles. The summed E-state index contributed by atoms with van der Waals surface area (Å²) < 4.78 is 6.53. The van der Waals surface area contributed by atoms with Crippen molar-refractivity contribution in [3.8, 4) is 5.88 Å². The highest BCUT2D eigenvalue weighted by molar-refractivity contribution is 6.30. The van der Waals surface area contributed by atoms with Crippen molar-refractivity contribution in [1.82, 2.24) is 25.1 Å². The number of ether oxygens (including phenoxy) is 1. The van der Waals surface area contributed by atoms with Gasteiger partial charge in [-0.1, -0.05) is 0 Å². The molecule has 0 radical (unpaired) electrons. The Hall–Kier alpha value is -1.89. The predicted octanol–water partition coefficient (Wildman–Crippen LogP) is 0.376. The molecule has 0 saturated heterocycles. The maximum atomic E-state index is 11.4. The van der Waals surface area contributed by atoms with Crippen LogP contribution in [0.25, 0.3) is 5.65 Å². The van der Waals surface area contributed by atoms with Crippen molar-refractivity contribution < 1.29 is 9.53 Å². The summed E-state index contributed by atoms with van der Waals surface area (Å²) in [5, 5.41) is 14.1. The molecule has 96 valence electrons. The lowest BCUT2D eigenvalue weighted by molar-refractivity contribution is -0.120. The minimum atomic E-state index is -0.591. The molecular weight excluding hydrogens is 258 g/mol. The summed E-state index contributed by atoms with van der Waals surface area (Å²) in [4.78, 5) is 11.4. The van der Waals surface area contributed by atoms with Crippen LogP contribution in [0, 0.1) is 0 Å². The van der Waals surface area contributed by atoms with Gasteiger partial charge < -0.3 is 10.1 Å². The molecule has 0 aromatic carbocycles. The summed E-state index contributed by atoms with van der Waals surface area (Å²) >= 11 is 5.64. The number of fused-ring (bicyclic) bond motifs is 1. The van der Waals surface area contributed by atoms with Crippen LogP contribution < -0.4 is 10.1 Å². The van der Waals surface area contributed by atoms with Crippen LogP contribution in [0.3, 0.4) is 0 Å². The second-order valence-corrected chi connectivity index (χ2v) is 4.25. The average molecular weight is 270 g/mol. The van der Waals surface area contributed by atoms with Crippen molar-refractivity contribution in [2.75, 3.05) is 7.11 Å². The first-order valence-electron chi connectivity index (χ1n) is 5.29. The van der Waals surface area contributed by atoms with E-state index in [2.05, 4.69) is 20.6 Å². The average Bonchev–Trinajstić information content (AvgIpc) is 2.77. The van der Waals surface area contributed by atoms with Crippen LogP contribution in [0.15, 0.2) is 12.1 Å². The molecule has 0 spiro atoms. The highest BCUT2D eigenvalue weighted by atomic mass is 35.5. The molecule has 2 aromatic rings. The predicted molar refractivity (Wildman–Crippen MR) is 64.5 cm³/mol. The quantitative estimate of drug-likeness (QED) is 0.812. The van der Waals surface area contributed by atoms with Gasteiger partial charge in [-0.15, -0.1) is 26.9 Å². The lowest BCUT2D eigenvalue weighted by atomic mass is 10.4. The maximum absolute atomic E-state index is 11.4. The highest BCUT2D eigenvalue weighted by Gasteiger charge is 2.12. The van der Waals surface area contributed by atoms with Crippen molar-refractivity contribution in [1.29, 1.82) is 0 Å². The number of amides is 1. The van der Waals surface area contributed by atoms with Crippen LogP contribution >= 0.6 is 11.6 Å². The van der Waals surface area contributed by atoms with Gasteiger partial charge in [-0.25, -0.2) is 0 Å². The Morgan fingerprint density at radius 2 is 2.33 bits per heavy atom. The molecule has 0 aliphatic carbocycles. The van der Waals surface area contributed by atoms with Gasteiger partial charge in [0.2, 0.25) is 11.8 Å². The third kappa shape index (κ3) is 2.51. The molecule has 2 heterocycles. The van der Waals surface area contributed by atoms with Gasteiger partial charge in [0.15, 0.2) is 11.5 Å². The molecule has 2 rings (SSSR count). The topological polar surface area (TPSA) is 81.4 Å². The van der Waals surface area contributed by atoms with E-state index in [0.29, 0.717) is 17.4 Å². The van der Waals surface area contributed by atoms with Crippen LogP contribution in [0.4, 0.5) is 0 Å². The fourth-order valence-electron chi connectivity index (χ4n) is 1.34. The largest absolute Gasteiger partial charge is 0.480 e. The molecule has 7 nitrogen and oxygen atoms in total. The first-order chi connectivity index (χ1) is 8.61. The summed E-state index contributed by atoms with van der Waals surface area (Å²) in [6.07, 6.45) is 0. The SMILES string of the molecule is COc1ccc2nnc(CNC(=O)C(C)Cl)n2n1. The molecule has 1 amide bonds. The van der Waals surface area contributed by atoms with E-state index < -0.39 is 5.38 Å². The van der Waals surface area contributed by atoms with Crippen LogP contribution in [0.1, 0.15) is 12.7 Å². The van der Waals surface area contributed by atoms with Crippen molar-refractivity contribution in [3.63, 3.8) is 0 Å². The Morgan fingerprint density at radius 3 is 3.00 bits per heavy atom. The third-order valence-electron chi connectivity index (χ3n) is 2.29. The van der Waals surface area contributed by atoms with Gasteiger partial charge in [0.1, 0.15) is 5.38 Å². The molecule has 0 aliphatic rings. The Morgan fingerprint density at radius 1 is 1.56 bits per heavy atom. The number of hydrogen-bond donors (Lipinski definition) is 1. The second kappa shape index (κ2) is 5.18. The minimum absolute atomic E-state index is 0.206. The Kier molecular flexibility index (Phi) is 3.61. The van der Waals surface area contributed by atoms with Gasteiger partial charge in [-0.05, 0) is 13.0 Å². The van der Waals surface area contributed by atoms with Gasteiger partial charge in [0, 0.05) is 6.07 Å². The third-order valence-corrected chi connectivity index (χ3v) is 2.49. The van der Waals surface area contributed by atoms with Gasteiger partial charge in [-0.3, -0.25) is 4.79 Å². The van der Waals surface area contributed by atoms with Crippen LogP contribution in [0.2, 0.25) is 0 Å². The summed E-state index contributed by atoms with van der Waals surface area (Å²) in [5.74, 6) is 0.687. The van der Waals surface area contributed by atoms with E-state index in [1.165, 1.54) is 11.6 Å². The second-order valence-electron chi connectivity index (χ2n) is 3.60. The normalized spacial score (nSPS) is 12.4. The van der Waals surface area contributed by atoms with Crippen molar-refractivity contribution in [2.24, 2.45) is 0 Å². The molecular formula is C10H12ClN5O2. The molecule has 8 heteroatoms. The summed E-state index contributed by atoms with van der Waals surface area (Å²) in [7, 11) is 1.52. The van der Waals surface area contributed by atoms with E-state index >= 15 is 0 Å². The molecule has 0 saturated carbocycles. The first kappa shape index (κ1) is 12.6. The molecule has 1 N–H and O–H groups in total. The highest BCUT2D eigenvalue weighted by Crippen LogP contribution is 2.08. The Labute approximate surface area is 108 Å². The number of rotatable bonds is 4. The fraction of sp³-hybridized carbons (Fsp3) is 0.400. The smallest absolute Gasteiger partial charge is 0.238 e. The Bertz CT molecular complexity index is 568. The lowest BCUT2D eigenvalue weighted by Crippen LogP contribution is -2.29. The minimum Gasteiger partial charge on any atom is -0.480 e. The number of halogens is 1. The van der Waals surface area contributed by atoms with Crippen LogP contribution in [0.5, 0.6) is 5.88 Å². The zero-order chi connectivity index (χ0) is 13.1. The number of methoxy groups -OCH3 is 1. The fourth-order valence-corrected chi connectivity index (χ4v) is 1.42. The van der Waals surface area contributed by atoms with E-state index in [0.717, 1.165) is 0 Å². The van der Waals surface area contributed by atoms with Gasteiger partial charge in [0.05, 0.1) is 13.7 Å². The standard InChI is InChI=1S/C10H12ClN5O2/c1-6(11)10(17)12-5-8-14-13-7-3-4-9(18-2)15-16(7)8/h3-4,6H,5H2,1-2H3,(H,12,17). The number of aromatic nitrogens is 4.